The Morgan fingerprint density at radius 3 is 1.78 bits per heavy atom. The van der Waals surface area contributed by atoms with Gasteiger partial charge in [-0.25, -0.2) is 0 Å². The van der Waals surface area contributed by atoms with Crippen molar-refractivity contribution in [1.29, 1.82) is 0 Å². The van der Waals surface area contributed by atoms with E-state index in [2.05, 4.69) is 0 Å². The average Bonchev–Trinajstić information content (AvgIpc) is 2.29. The van der Waals surface area contributed by atoms with Gasteiger partial charge in [-0.05, 0) is 20.8 Å². The van der Waals surface area contributed by atoms with Gasteiger partial charge >= 0.3 is 11.9 Å². The Hall–Kier alpha value is -1.43. The summed E-state index contributed by atoms with van der Waals surface area (Å²) in [7, 11) is 1.45. The van der Waals surface area contributed by atoms with Gasteiger partial charge in [0.2, 0.25) is 5.92 Å². The molecule has 0 spiro atoms. The number of carbonyl (C=O) groups is 3. The molecule has 0 saturated carbocycles. The molecule has 0 N–H and O–H groups in total. The first-order valence-electron chi connectivity index (χ1n) is 5.86. The summed E-state index contributed by atoms with van der Waals surface area (Å²) in [6, 6.07) is 0. The highest BCUT2D eigenvalue weighted by molar-refractivity contribution is 6.15. The Bertz CT molecular complexity index is 281. The van der Waals surface area contributed by atoms with E-state index in [-0.39, 0.29) is 25.7 Å². The maximum absolute atomic E-state index is 11.9. The van der Waals surface area contributed by atoms with E-state index in [1.807, 2.05) is 0 Å². The largest absolute Gasteiger partial charge is 0.465 e. The van der Waals surface area contributed by atoms with E-state index in [0.717, 1.165) is 0 Å². The van der Waals surface area contributed by atoms with Crippen molar-refractivity contribution in [1.82, 2.24) is 0 Å². The lowest BCUT2D eigenvalue weighted by atomic mass is 10.00. The van der Waals surface area contributed by atoms with Crippen molar-refractivity contribution in [3.8, 4) is 0 Å². The summed E-state index contributed by atoms with van der Waals surface area (Å²) in [5, 5.41) is 0. The van der Waals surface area contributed by atoms with Gasteiger partial charge in [0.15, 0.2) is 5.78 Å². The quantitative estimate of drug-likeness (QED) is 0.472. The van der Waals surface area contributed by atoms with Crippen LogP contribution in [0, 0.1) is 5.92 Å². The minimum atomic E-state index is -1.51. The Morgan fingerprint density at radius 2 is 1.44 bits per heavy atom. The molecule has 0 aliphatic heterocycles. The lowest BCUT2D eigenvalue weighted by Gasteiger charge is -2.15. The maximum atomic E-state index is 11.9. The zero-order valence-corrected chi connectivity index (χ0v) is 11.2. The number of hydrogen-bond acceptors (Lipinski definition) is 6. The minimum Gasteiger partial charge on any atom is -0.465 e. The van der Waals surface area contributed by atoms with E-state index < -0.39 is 23.6 Å². The highest BCUT2D eigenvalue weighted by atomic mass is 16.6. The molecule has 0 rings (SSSR count). The Labute approximate surface area is 107 Å². The second kappa shape index (κ2) is 8.63. The fraction of sp³-hybridized carbons (Fsp3) is 0.750. The van der Waals surface area contributed by atoms with Crippen molar-refractivity contribution in [2.45, 2.75) is 33.3 Å². The number of rotatable bonds is 8. The van der Waals surface area contributed by atoms with Gasteiger partial charge in [-0.2, -0.15) is 0 Å². The Balaban J connectivity index is 4.79. The first kappa shape index (κ1) is 16.6. The van der Waals surface area contributed by atoms with Crippen LogP contribution in [-0.4, -0.2) is 44.1 Å². The molecule has 104 valence electrons. The van der Waals surface area contributed by atoms with E-state index in [4.69, 9.17) is 14.2 Å². The molecule has 0 aromatic rings. The molecule has 0 radical (unpaired) electrons. The summed E-state index contributed by atoms with van der Waals surface area (Å²) in [6.45, 7) is 5.07. The molecule has 0 fully saturated rings. The Kier molecular flexibility index (Phi) is 7.94. The van der Waals surface area contributed by atoms with Crippen molar-refractivity contribution in [2.75, 3.05) is 20.3 Å². The summed E-state index contributed by atoms with van der Waals surface area (Å²) in [5.74, 6) is -3.81. The van der Waals surface area contributed by atoms with Gasteiger partial charge in [0.05, 0.1) is 19.3 Å². The van der Waals surface area contributed by atoms with Crippen LogP contribution in [0.5, 0.6) is 0 Å². The molecular weight excluding hydrogens is 240 g/mol. The lowest BCUT2D eigenvalue weighted by Crippen LogP contribution is -2.36. The van der Waals surface area contributed by atoms with E-state index in [9.17, 15) is 14.4 Å². The molecule has 0 aliphatic carbocycles. The molecule has 6 heteroatoms. The van der Waals surface area contributed by atoms with Crippen LogP contribution in [0.2, 0.25) is 0 Å². The monoisotopic (exact) mass is 260 g/mol. The SMILES string of the molecule is CCOC(=O)C(C(=O)CC(C)OC)C(=O)OCC. The third-order valence-electron chi connectivity index (χ3n) is 2.26. The molecule has 0 heterocycles. The van der Waals surface area contributed by atoms with Gasteiger partial charge < -0.3 is 14.2 Å². The number of hydrogen-bond donors (Lipinski definition) is 0. The van der Waals surface area contributed by atoms with Gasteiger partial charge in [0, 0.05) is 13.5 Å². The van der Waals surface area contributed by atoms with E-state index in [0.29, 0.717) is 0 Å². The molecule has 0 aromatic heterocycles. The number of esters is 2. The standard InChI is InChI=1S/C12H20O6/c1-5-17-11(14)10(12(15)18-6-2)9(13)7-8(3)16-4/h8,10H,5-7H2,1-4H3. The number of carbonyl (C=O) groups excluding carboxylic acids is 3. The number of ketones is 1. The Morgan fingerprint density at radius 1 is 1.00 bits per heavy atom. The van der Waals surface area contributed by atoms with Crippen molar-refractivity contribution in [3.05, 3.63) is 0 Å². The molecule has 0 bridgehead atoms. The number of Topliss-reactive ketones (excluding diaryl/α,β-unsaturated/α-hetero) is 1. The van der Waals surface area contributed by atoms with Crippen LogP contribution in [0.3, 0.4) is 0 Å². The van der Waals surface area contributed by atoms with E-state index in [1.165, 1.54) is 7.11 Å². The second-order valence-electron chi connectivity index (χ2n) is 3.65. The van der Waals surface area contributed by atoms with Crippen LogP contribution in [0.1, 0.15) is 27.2 Å². The van der Waals surface area contributed by atoms with E-state index >= 15 is 0 Å². The van der Waals surface area contributed by atoms with Gasteiger partial charge in [-0.15, -0.1) is 0 Å². The zero-order chi connectivity index (χ0) is 14.1. The third kappa shape index (κ3) is 5.27. The summed E-state index contributed by atoms with van der Waals surface area (Å²) < 4.78 is 14.3. The van der Waals surface area contributed by atoms with Crippen LogP contribution < -0.4 is 0 Å². The summed E-state index contributed by atoms with van der Waals surface area (Å²) >= 11 is 0. The van der Waals surface area contributed by atoms with Crippen LogP contribution in [0.15, 0.2) is 0 Å². The minimum absolute atomic E-state index is 0.0429. The van der Waals surface area contributed by atoms with Crippen molar-refractivity contribution in [2.24, 2.45) is 5.92 Å². The summed E-state index contributed by atoms with van der Waals surface area (Å²) in [6.07, 6.45) is -0.414. The first-order valence-corrected chi connectivity index (χ1v) is 5.86. The van der Waals surface area contributed by atoms with Crippen molar-refractivity contribution >= 4 is 17.7 Å². The van der Waals surface area contributed by atoms with Crippen molar-refractivity contribution in [3.63, 3.8) is 0 Å². The maximum Gasteiger partial charge on any atom is 0.328 e. The van der Waals surface area contributed by atoms with Crippen LogP contribution in [-0.2, 0) is 28.6 Å². The predicted molar refractivity (Wildman–Crippen MR) is 62.9 cm³/mol. The normalized spacial score (nSPS) is 12.1. The van der Waals surface area contributed by atoms with Gasteiger partial charge in [-0.1, -0.05) is 0 Å². The molecule has 0 aliphatic rings. The molecule has 18 heavy (non-hydrogen) atoms. The smallest absolute Gasteiger partial charge is 0.328 e. The lowest BCUT2D eigenvalue weighted by molar-refractivity contribution is -0.164. The first-order chi connectivity index (χ1) is 8.47. The molecule has 6 nitrogen and oxygen atoms in total. The fourth-order valence-electron chi connectivity index (χ4n) is 1.29. The highest BCUT2D eigenvalue weighted by Gasteiger charge is 2.36. The molecule has 0 amide bonds. The van der Waals surface area contributed by atoms with E-state index in [1.54, 1.807) is 20.8 Å². The molecule has 1 unspecified atom stereocenters. The van der Waals surface area contributed by atoms with Gasteiger partial charge in [-0.3, -0.25) is 14.4 Å². The second-order valence-corrected chi connectivity index (χ2v) is 3.65. The molecule has 0 saturated heterocycles. The number of ether oxygens (including phenoxy) is 3. The summed E-state index contributed by atoms with van der Waals surface area (Å²) in [5.41, 5.74) is 0. The molecular formula is C12H20O6. The van der Waals surface area contributed by atoms with Gasteiger partial charge in [0.25, 0.3) is 0 Å². The predicted octanol–water partition coefficient (Wildman–Crippen LogP) is 0.723. The summed E-state index contributed by atoms with van der Waals surface area (Å²) in [4.78, 5) is 35.0. The average molecular weight is 260 g/mol. The fourth-order valence-corrected chi connectivity index (χ4v) is 1.29. The zero-order valence-electron chi connectivity index (χ0n) is 11.2. The van der Waals surface area contributed by atoms with Gasteiger partial charge in [0.1, 0.15) is 0 Å². The molecule has 0 aromatic carbocycles. The molecule has 1 atom stereocenters. The third-order valence-corrected chi connectivity index (χ3v) is 2.26. The van der Waals surface area contributed by atoms with Crippen LogP contribution >= 0.6 is 0 Å². The van der Waals surface area contributed by atoms with Crippen molar-refractivity contribution < 1.29 is 28.6 Å². The highest BCUT2D eigenvalue weighted by Crippen LogP contribution is 2.11. The number of methoxy groups -OCH3 is 1. The topological polar surface area (TPSA) is 78.9 Å². The van der Waals surface area contributed by atoms with Crippen LogP contribution in [0.4, 0.5) is 0 Å². The van der Waals surface area contributed by atoms with Crippen LogP contribution in [0.25, 0.3) is 0 Å².